The standard InChI is InChI=1S/C18H22FN3.HI/c1-13-8-9-15(14(2)10-13)11-21-18(20-3)22-12-16-6-4-5-7-17(16)19;/h4-10H,11-12H2,1-3H3,(H2,20,21,22);1H. The minimum atomic E-state index is -0.208. The van der Waals surface area contributed by atoms with E-state index < -0.39 is 0 Å². The molecule has 0 aliphatic carbocycles. The largest absolute Gasteiger partial charge is 0.352 e. The van der Waals surface area contributed by atoms with Crippen LogP contribution in [-0.4, -0.2) is 13.0 Å². The third-order valence-electron chi connectivity index (χ3n) is 3.57. The van der Waals surface area contributed by atoms with Gasteiger partial charge in [0.15, 0.2) is 5.96 Å². The number of hydrogen-bond donors (Lipinski definition) is 2. The monoisotopic (exact) mass is 427 g/mol. The van der Waals surface area contributed by atoms with Crippen LogP contribution >= 0.6 is 24.0 Å². The van der Waals surface area contributed by atoms with Crippen LogP contribution in [0.15, 0.2) is 47.5 Å². The van der Waals surface area contributed by atoms with Crippen LogP contribution in [0.5, 0.6) is 0 Å². The Balaban J connectivity index is 0.00000264. The zero-order chi connectivity index (χ0) is 15.9. The molecule has 2 aromatic rings. The first kappa shape index (κ1) is 19.4. The summed E-state index contributed by atoms with van der Waals surface area (Å²) in [5, 5.41) is 6.38. The van der Waals surface area contributed by atoms with E-state index in [-0.39, 0.29) is 29.8 Å². The lowest BCUT2D eigenvalue weighted by Crippen LogP contribution is -2.36. The Hall–Kier alpha value is -1.63. The highest BCUT2D eigenvalue weighted by molar-refractivity contribution is 14.0. The van der Waals surface area contributed by atoms with E-state index >= 15 is 0 Å². The summed E-state index contributed by atoms with van der Waals surface area (Å²) < 4.78 is 13.6. The summed E-state index contributed by atoms with van der Waals surface area (Å²) >= 11 is 0. The van der Waals surface area contributed by atoms with Gasteiger partial charge in [0.25, 0.3) is 0 Å². The van der Waals surface area contributed by atoms with E-state index in [2.05, 4.69) is 47.7 Å². The topological polar surface area (TPSA) is 36.4 Å². The molecule has 0 spiro atoms. The second kappa shape index (κ2) is 9.50. The van der Waals surface area contributed by atoms with Gasteiger partial charge in [-0.3, -0.25) is 4.99 Å². The molecule has 2 rings (SSSR count). The summed E-state index contributed by atoms with van der Waals surface area (Å²) in [6.45, 7) is 5.26. The summed E-state index contributed by atoms with van der Waals surface area (Å²) in [5.41, 5.74) is 4.34. The molecule has 0 bridgehead atoms. The van der Waals surface area contributed by atoms with Gasteiger partial charge in [-0.25, -0.2) is 4.39 Å². The van der Waals surface area contributed by atoms with Gasteiger partial charge in [0.2, 0.25) is 0 Å². The molecule has 2 aromatic carbocycles. The average molecular weight is 427 g/mol. The molecule has 0 aliphatic heterocycles. The highest BCUT2D eigenvalue weighted by Crippen LogP contribution is 2.10. The molecule has 0 aliphatic rings. The van der Waals surface area contributed by atoms with E-state index in [9.17, 15) is 4.39 Å². The maximum Gasteiger partial charge on any atom is 0.191 e. The molecular weight excluding hydrogens is 404 g/mol. The molecule has 0 radical (unpaired) electrons. The summed E-state index contributed by atoms with van der Waals surface area (Å²) in [5.74, 6) is 0.447. The summed E-state index contributed by atoms with van der Waals surface area (Å²) in [4.78, 5) is 4.17. The molecule has 5 heteroatoms. The third-order valence-corrected chi connectivity index (χ3v) is 3.57. The predicted octanol–water partition coefficient (Wildman–Crippen LogP) is 3.93. The lowest BCUT2D eigenvalue weighted by molar-refractivity contribution is 0.604. The quantitative estimate of drug-likeness (QED) is 0.441. The Morgan fingerprint density at radius 3 is 2.26 bits per heavy atom. The van der Waals surface area contributed by atoms with Gasteiger partial charge in [0.05, 0.1) is 0 Å². The van der Waals surface area contributed by atoms with Crippen LogP contribution in [-0.2, 0) is 13.1 Å². The number of halogens is 2. The van der Waals surface area contributed by atoms with E-state index in [0.29, 0.717) is 24.6 Å². The highest BCUT2D eigenvalue weighted by atomic mass is 127. The molecule has 3 nitrogen and oxygen atoms in total. The van der Waals surface area contributed by atoms with Gasteiger partial charge in [-0.1, -0.05) is 42.0 Å². The van der Waals surface area contributed by atoms with Crippen molar-refractivity contribution in [1.82, 2.24) is 10.6 Å². The maximum absolute atomic E-state index is 13.6. The smallest absolute Gasteiger partial charge is 0.191 e. The summed E-state index contributed by atoms with van der Waals surface area (Å²) in [7, 11) is 1.71. The Bertz CT molecular complexity index is 671. The van der Waals surface area contributed by atoms with Crippen molar-refractivity contribution >= 4 is 29.9 Å². The van der Waals surface area contributed by atoms with Gasteiger partial charge in [0.1, 0.15) is 5.82 Å². The Morgan fingerprint density at radius 2 is 1.65 bits per heavy atom. The van der Waals surface area contributed by atoms with Crippen molar-refractivity contribution in [2.45, 2.75) is 26.9 Å². The van der Waals surface area contributed by atoms with Gasteiger partial charge < -0.3 is 10.6 Å². The van der Waals surface area contributed by atoms with Crippen molar-refractivity contribution in [3.8, 4) is 0 Å². The molecule has 0 heterocycles. The van der Waals surface area contributed by atoms with E-state index in [1.54, 1.807) is 19.2 Å². The predicted molar refractivity (Wildman–Crippen MR) is 105 cm³/mol. The van der Waals surface area contributed by atoms with Gasteiger partial charge >= 0.3 is 0 Å². The lowest BCUT2D eigenvalue weighted by Gasteiger charge is -2.14. The second-order valence-corrected chi connectivity index (χ2v) is 5.30. The number of hydrogen-bond acceptors (Lipinski definition) is 1. The van der Waals surface area contributed by atoms with E-state index in [0.717, 1.165) is 0 Å². The normalized spacial score (nSPS) is 10.9. The molecular formula is C18H23FIN3. The number of aliphatic imine (C=N–C) groups is 1. The number of rotatable bonds is 4. The van der Waals surface area contributed by atoms with Gasteiger partial charge in [-0.15, -0.1) is 24.0 Å². The Labute approximate surface area is 154 Å². The minimum absolute atomic E-state index is 0. The zero-order valence-electron chi connectivity index (χ0n) is 13.7. The summed E-state index contributed by atoms with van der Waals surface area (Å²) in [6.07, 6.45) is 0. The molecule has 0 saturated heterocycles. The molecule has 0 fully saturated rings. The van der Waals surface area contributed by atoms with E-state index in [1.165, 1.54) is 22.8 Å². The first-order chi connectivity index (χ1) is 10.6. The number of guanidine groups is 1. The Morgan fingerprint density at radius 1 is 1.00 bits per heavy atom. The minimum Gasteiger partial charge on any atom is -0.352 e. The summed E-state index contributed by atoms with van der Waals surface area (Å²) in [6, 6.07) is 13.1. The zero-order valence-corrected chi connectivity index (χ0v) is 16.0. The molecule has 0 unspecified atom stereocenters. The highest BCUT2D eigenvalue weighted by Gasteiger charge is 2.04. The fraction of sp³-hybridized carbons (Fsp3) is 0.278. The first-order valence-corrected chi connectivity index (χ1v) is 7.34. The van der Waals surface area contributed by atoms with Crippen LogP contribution in [0, 0.1) is 19.7 Å². The maximum atomic E-state index is 13.6. The van der Waals surface area contributed by atoms with Crippen LogP contribution < -0.4 is 10.6 Å². The van der Waals surface area contributed by atoms with Crippen molar-refractivity contribution in [1.29, 1.82) is 0 Å². The van der Waals surface area contributed by atoms with Gasteiger partial charge in [0, 0.05) is 25.7 Å². The molecule has 0 amide bonds. The SMILES string of the molecule is CN=C(NCc1ccc(C)cc1C)NCc1ccccc1F.I. The molecule has 23 heavy (non-hydrogen) atoms. The third kappa shape index (κ3) is 5.82. The van der Waals surface area contributed by atoms with Crippen molar-refractivity contribution in [2.24, 2.45) is 4.99 Å². The molecule has 0 saturated carbocycles. The van der Waals surface area contributed by atoms with Crippen LogP contribution in [0.3, 0.4) is 0 Å². The lowest BCUT2D eigenvalue weighted by atomic mass is 10.1. The fourth-order valence-corrected chi connectivity index (χ4v) is 2.26. The van der Waals surface area contributed by atoms with Crippen molar-refractivity contribution < 1.29 is 4.39 Å². The number of nitrogens with one attached hydrogen (secondary N) is 2. The number of nitrogens with zero attached hydrogens (tertiary/aromatic N) is 1. The van der Waals surface area contributed by atoms with E-state index in [4.69, 9.17) is 0 Å². The average Bonchev–Trinajstić information content (AvgIpc) is 2.50. The van der Waals surface area contributed by atoms with E-state index in [1.807, 2.05) is 6.07 Å². The molecule has 124 valence electrons. The van der Waals surface area contributed by atoms with Crippen LogP contribution in [0.2, 0.25) is 0 Å². The number of benzene rings is 2. The fourth-order valence-electron chi connectivity index (χ4n) is 2.26. The molecule has 2 N–H and O–H groups in total. The molecule has 0 atom stereocenters. The molecule has 0 aromatic heterocycles. The Kier molecular flexibility index (Phi) is 8.02. The van der Waals surface area contributed by atoms with Crippen molar-refractivity contribution in [2.75, 3.05) is 7.05 Å². The van der Waals surface area contributed by atoms with Crippen LogP contribution in [0.1, 0.15) is 22.3 Å². The van der Waals surface area contributed by atoms with Crippen LogP contribution in [0.4, 0.5) is 4.39 Å². The van der Waals surface area contributed by atoms with Crippen molar-refractivity contribution in [3.05, 3.63) is 70.5 Å². The van der Waals surface area contributed by atoms with Crippen LogP contribution in [0.25, 0.3) is 0 Å². The van der Waals surface area contributed by atoms with Gasteiger partial charge in [-0.2, -0.15) is 0 Å². The van der Waals surface area contributed by atoms with Gasteiger partial charge in [-0.05, 0) is 31.0 Å². The van der Waals surface area contributed by atoms with Crippen molar-refractivity contribution in [3.63, 3.8) is 0 Å². The number of aryl methyl sites for hydroxylation is 2. The first-order valence-electron chi connectivity index (χ1n) is 7.34. The second-order valence-electron chi connectivity index (χ2n) is 5.30.